The smallest absolute Gasteiger partial charge is 0.255 e. The van der Waals surface area contributed by atoms with Crippen LogP contribution in [-0.4, -0.2) is 108 Å². The molecule has 0 aliphatic carbocycles. The van der Waals surface area contributed by atoms with E-state index in [-0.39, 0.29) is 42.4 Å². The van der Waals surface area contributed by atoms with Gasteiger partial charge in [0.05, 0.1) is 6.04 Å². The molecule has 3 aliphatic heterocycles. The van der Waals surface area contributed by atoms with Crippen LogP contribution in [0.1, 0.15) is 73.5 Å². The van der Waals surface area contributed by atoms with Crippen LogP contribution in [-0.2, 0) is 42.4 Å². The monoisotopic (exact) mass is 702 g/mol. The third kappa shape index (κ3) is 9.30. The lowest BCUT2D eigenvalue weighted by molar-refractivity contribution is -0.138. The predicted octanol–water partition coefficient (Wildman–Crippen LogP) is 0.622. The number of piperazine rings is 1. The zero-order chi connectivity index (χ0) is 36.9. The molecule has 3 aliphatic rings. The van der Waals surface area contributed by atoms with E-state index in [2.05, 4.69) is 41.6 Å². The summed E-state index contributed by atoms with van der Waals surface area (Å²) in [7, 11) is 0. The van der Waals surface area contributed by atoms with Crippen LogP contribution < -0.4 is 27.4 Å². The Morgan fingerprint density at radius 2 is 1.71 bits per heavy atom. The summed E-state index contributed by atoms with van der Waals surface area (Å²) < 4.78 is 0. The van der Waals surface area contributed by atoms with Crippen molar-refractivity contribution in [3.8, 4) is 0 Å². The zero-order valence-electron chi connectivity index (χ0n) is 29.7. The Bertz CT molecular complexity index is 1650. The normalized spacial score (nSPS) is 19.3. The highest BCUT2D eigenvalue weighted by Crippen LogP contribution is 2.32. The van der Waals surface area contributed by atoms with Gasteiger partial charge in [0.25, 0.3) is 5.91 Å². The Morgan fingerprint density at radius 1 is 1.00 bits per heavy atom. The molecule has 14 heteroatoms. The molecule has 7 N–H and O–H groups in total. The van der Waals surface area contributed by atoms with Crippen molar-refractivity contribution in [1.29, 1.82) is 0 Å². The van der Waals surface area contributed by atoms with Gasteiger partial charge in [-0.3, -0.25) is 39.0 Å². The molecule has 2 fully saturated rings. The van der Waals surface area contributed by atoms with E-state index in [0.717, 1.165) is 22.4 Å². The maximum absolute atomic E-state index is 13.9. The first-order valence-corrected chi connectivity index (χ1v) is 17.7. The van der Waals surface area contributed by atoms with E-state index >= 15 is 0 Å². The fourth-order valence-electron chi connectivity index (χ4n) is 6.80. The summed E-state index contributed by atoms with van der Waals surface area (Å²) in [5.41, 5.74) is 15.5. The lowest BCUT2D eigenvalue weighted by Gasteiger charge is -2.37. The van der Waals surface area contributed by atoms with Crippen LogP contribution in [0.25, 0.3) is 0 Å². The average Bonchev–Trinajstić information content (AvgIpc) is 3.43. The summed E-state index contributed by atoms with van der Waals surface area (Å²) >= 11 is 0. The molecule has 51 heavy (non-hydrogen) atoms. The number of anilines is 1. The Morgan fingerprint density at radius 3 is 2.35 bits per heavy atom. The molecule has 6 amide bonds. The molecule has 0 aromatic heterocycles. The third-order valence-corrected chi connectivity index (χ3v) is 9.92. The average molecular weight is 703 g/mol. The fourth-order valence-corrected chi connectivity index (χ4v) is 6.80. The highest BCUT2D eigenvalue weighted by Gasteiger charge is 2.40. The second-order valence-corrected chi connectivity index (χ2v) is 14.6. The van der Waals surface area contributed by atoms with Gasteiger partial charge < -0.3 is 31.9 Å². The molecule has 3 heterocycles. The van der Waals surface area contributed by atoms with Crippen LogP contribution in [0.5, 0.6) is 0 Å². The van der Waals surface area contributed by atoms with Gasteiger partial charge in [-0.25, -0.2) is 0 Å². The number of hydrogen-bond donors (Lipinski definition) is 5. The first kappa shape index (κ1) is 37.4. The lowest BCUT2D eigenvalue weighted by Crippen LogP contribution is -2.57. The summed E-state index contributed by atoms with van der Waals surface area (Å²) in [6, 6.07) is 11.1. The van der Waals surface area contributed by atoms with Crippen LogP contribution >= 0.6 is 0 Å². The van der Waals surface area contributed by atoms with E-state index in [1.807, 2.05) is 36.4 Å². The van der Waals surface area contributed by atoms with Crippen molar-refractivity contribution in [3.63, 3.8) is 0 Å². The number of carbonyl (C=O) groups excluding carboxylic acids is 6. The minimum absolute atomic E-state index is 0.0239. The van der Waals surface area contributed by atoms with Gasteiger partial charge in [-0.2, -0.15) is 0 Å². The number of benzene rings is 2. The number of carbonyl (C=O) groups is 6. The van der Waals surface area contributed by atoms with Crippen molar-refractivity contribution in [2.75, 3.05) is 44.6 Å². The van der Waals surface area contributed by atoms with Crippen molar-refractivity contribution >= 4 is 41.1 Å². The number of nitrogens with zero attached hydrogens (tertiary/aromatic N) is 3. The third-order valence-electron chi connectivity index (χ3n) is 9.92. The van der Waals surface area contributed by atoms with Gasteiger partial charge >= 0.3 is 0 Å². The molecule has 274 valence electrons. The van der Waals surface area contributed by atoms with Gasteiger partial charge in [-0.15, -0.1) is 0 Å². The molecule has 3 atom stereocenters. The first-order valence-electron chi connectivity index (χ1n) is 17.7. The Balaban J connectivity index is 1.15. The Labute approximate surface area is 298 Å². The van der Waals surface area contributed by atoms with Crippen molar-refractivity contribution in [1.82, 2.24) is 25.3 Å². The maximum atomic E-state index is 13.9. The highest BCUT2D eigenvalue weighted by atomic mass is 16.2. The van der Waals surface area contributed by atoms with Crippen molar-refractivity contribution in [3.05, 3.63) is 64.7 Å². The van der Waals surface area contributed by atoms with Gasteiger partial charge in [-0.05, 0) is 41.5 Å². The minimum Gasteiger partial charge on any atom is -0.383 e. The molecule has 2 aromatic rings. The van der Waals surface area contributed by atoms with Crippen LogP contribution in [0.2, 0.25) is 0 Å². The van der Waals surface area contributed by atoms with E-state index in [0.29, 0.717) is 64.2 Å². The number of primary amides is 1. The van der Waals surface area contributed by atoms with Gasteiger partial charge in [0.15, 0.2) is 0 Å². The van der Waals surface area contributed by atoms with Gasteiger partial charge in [0.2, 0.25) is 29.5 Å². The number of nitrogens with one attached hydrogen (secondary N) is 3. The summed E-state index contributed by atoms with van der Waals surface area (Å²) in [5, 5.41) is 8.64. The molecular formula is C37H50N8O6. The standard InChI is InChI=1S/C37H50N8O6/c1-37(2,3)24-9-7-23(8-10-24)21-29(41-33(48)27(38)11-13-31(39)46)36(51)44-19-17-43(18-20-44)16-15-40-28-6-4-5-25-26(28)22-45(35(25)50)30-12-14-32(47)42-34(30)49/h4-10,27,29-30,40H,11-22,38H2,1-3H3,(H2,39,46)(H,41,48)(H,42,47,49)/t27-,29-,30?/m0/s1. The summed E-state index contributed by atoms with van der Waals surface area (Å²) in [5.74, 6) is -2.20. The summed E-state index contributed by atoms with van der Waals surface area (Å²) in [4.78, 5) is 80.9. The largest absolute Gasteiger partial charge is 0.383 e. The van der Waals surface area contributed by atoms with Gasteiger partial charge in [-0.1, -0.05) is 51.1 Å². The molecule has 1 unspecified atom stereocenters. The Kier molecular flexibility index (Phi) is 11.8. The van der Waals surface area contributed by atoms with E-state index < -0.39 is 35.8 Å². The summed E-state index contributed by atoms with van der Waals surface area (Å²) in [6.45, 7) is 10.2. The highest BCUT2D eigenvalue weighted by molar-refractivity contribution is 6.06. The molecule has 2 aromatic carbocycles. The Hall–Kier alpha value is -4.82. The van der Waals surface area contributed by atoms with Crippen LogP contribution in [0.15, 0.2) is 42.5 Å². The fraction of sp³-hybridized carbons (Fsp3) is 0.514. The molecule has 2 saturated heterocycles. The molecule has 0 spiro atoms. The number of amides is 6. The van der Waals surface area contributed by atoms with Crippen LogP contribution in [0, 0.1) is 0 Å². The number of hydrogen-bond acceptors (Lipinski definition) is 9. The SMILES string of the molecule is CC(C)(C)c1ccc(C[C@H](NC(=O)[C@@H](N)CCC(N)=O)C(=O)N2CCN(CCNc3cccc4c3CN(C3CCC(=O)NC3=O)C4=O)CC2)cc1. The topological polar surface area (TPSA) is 200 Å². The number of imide groups is 1. The van der Waals surface area contributed by atoms with Crippen molar-refractivity contribution in [2.24, 2.45) is 11.5 Å². The van der Waals surface area contributed by atoms with E-state index in [9.17, 15) is 28.8 Å². The van der Waals surface area contributed by atoms with Gasteiger partial charge in [0.1, 0.15) is 12.1 Å². The molecule has 5 rings (SSSR count). The molecule has 14 nitrogen and oxygen atoms in total. The lowest BCUT2D eigenvalue weighted by atomic mass is 9.86. The predicted molar refractivity (Wildman–Crippen MR) is 191 cm³/mol. The summed E-state index contributed by atoms with van der Waals surface area (Å²) in [6.07, 6.45) is 0.878. The number of fused-ring (bicyclic) bond motifs is 1. The second-order valence-electron chi connectivity index (χ2n) is 14.6. The molecular weight excluding hydrogens is 652 g/mol. The van der Waals surface area contributed by atoms with E-state index in [1.54, 1.807) is 15.9 Å². The minimum atomic E-state index is -0.968. The molecule has 0 radical (unpaired) electrons. The maximum Gasteiger partial charge on any atom is 0.255 e. The quantitative estimate of drug-likeness (QED) is 0.186. The van der Waals surface area contributed by atoms with E-state index in [4.69, 9.17) is 11.5 Å². The van der Waals surface area contributed by atoms with Gasteiger partial charge in [0, 0.05) is 81.9 Å². The van der Waals surface area contributed by atoms with Crippen LogP contribution in [0.4, 0.5) is 5.69 Å². The van der Waals surface area contributed by atoms with Crippen molar-refractivity contribution in [2.45, 2.75) is 83.0 Å². The molecule has 0 bridgehead atoms. The molecule has 0 saturated carbocycles. The number of rotatable bonds is 13. The van der Waals surface area contributed by atoms with Crippen molar-refractivity contribution < 1.29 is 28.8 Å². The zero-order valence-corrected chi connectivity index (χ0v) is 29.7. The first-order chi connectivity index (χ1) is 24.2. The van der Waals surface area contributed by atoms with E-state index in [1.165, 1.54) is 0 Å². The number of piperidine rings is 1. The number of nitrogens with two attached hydrogens (primary N) is 2. The second kappa shape index (κ2) is 16.0. The van der Waals surface area contributed by atoms with Crippen LogP contribution in [0.3, 0.4) is 0 Å².